The molecule has 0 amide bonds. The molecule has 0 bridgehead atoms. The summed E-state index contributed by atoms with van der Waals surface area (Å²) < 4.78 is 10.2. The van der Waals surface area contributed by atoms with Gasteiger partial charge in [0.05, 0.1) is 17.7 Å². The minimum absolute atomic E-state index is 0.411. The maximum Gasteiger partial charge on any atom is 0.346 e. The number of carbonyl (C=O) groups is 1. The molecule has 5 nitrogen and oxygen atoms in total. The Morgan fingerprint density at radius 1 is 1.17 bits per heavy atom. The van der Waals surface area contributed by atoms with E-state index in [0.29, 0.717) is 11.6 Å². The lowest BCUT2D eigenvalue weighted by molar-refractivity contribution is -0.147. The van der Waals surface area contributed by atoms with E-state index in [1.54, 1.807) is 36.6 Å². The minimum Gasteiger partial charge on any atom is -0.479 e. The van der Waals surface area contributed by atoms with Gasteiger partial charge in [-0.15, -0.1) is 11.3 Å². The lowest BCUT2D eigenvalue weighted by Crippen LogP contribution is -2.24. The van der Waals surface area contributed by atoms with Crippen LogP contribution in [0.3, 0.4) is 0 Å². The van der Waals surface area contributed by atoms with Crippen molar-refractivity contribution >= 4 is 17.3 Å². The van der Waals surface area contributed by atoms with E-state index >= 15 is 0 Å². The summed E-state index contributed by atoms with van der Waals surface area (Å²) in [7, 11) is 1.34. The maximum absolute atomic E-state index is 11.4. The van der Waals surface area contributed by atoms with Crippen molar-refractivity contribution in [2.24, 2.45) is 0 Å². The number of ether oxygens (including phenoxy) is 2. The average molecular weight is 340 g/mol. The Hall–Kier alpha value is -2.73. The van der Waals surface area contributed by atoms with Crippen LogP contribution in [0.5, 0.6) is 5.75 Å². The van der Waals surface area contributed by atoms with Gasteiger partial charge in [0, 0.05) is 11.8 Å². The molecule has 0 unspecified atom stereocenters. The molecule has 24 heavy (non-hydrogen) atoms. The van der Waals surface area contributed by atoms with Crippen LogP contribution in [0.25, 0.3) is 22.0 Å². The predicted molar refractivity (Wildman–Crippen MR) is 92.9 cm³/mol. The Labute approximate surface area is 143 Å². The van der Waals surface area contributed by atoms with Crippen molar-refractivity contribution in [3.63, 3.8) is 0 Å². The number of rotatable bonds is 5. The lowest BCUT2D eigenvalue weighted by atomic mass is 10.2. The number of hydrogen-bond donors (Lipinski definition) is 0. The first-order valence-electron chi connectivity index (χ1n) is 7.39. The van der Waals surface area contributed by atoms with Crippen molar-refractivity contribution in [1.82, 2.24) is 9.97 Å². The third-order valence-corrected chi connectivity index (χ3v) is 4.28. The molecule has 0 radical (unpaired) electrons. The number of esters is 1. The van der Waals surface area contributed by atoms with Crippen molar-refractivity contribution in [2.45, 2.75) is 13.0 Å². The number of thiophene rings is 1. The topological polar surface area (TPSA) is 61.3 Å². The monoisotopic (exact) mass is 340 g/mol. The van der Waals surface area contributed by atoms with Gasteiger partial charge in [-0.05, 0) is 48.7 Å². The largest absolute Gasteiger partial charge is 0.479 e. The highest BCUT2D eigenvalue weighted by molar-refractivity contribution is 7.13. The Kier molecular flexibility index (Phi) is 4.86. The molecule has 0 aliphatic heterocycles. The van der Waals surface area contributed by atoms with E-state index in [4.69, 9.17) is 4.74 Å². The highest BCUT2D eigenvalue weighted by atomic mass is 32.1. The molecule has 0 aliphatic carbocycles. The summed E-state index contributed by atoms with van der Waals surface area (Å²) in [6.45, 7) is 1.65. The molecule has 0 aliphatic rings. The van der Waals surface area contributed by atoms with Gasteiger partial charge < -0.3 is 9.47 Å². The molecule has 0 N–H and O–H groups in total. The second kappa shape index (κ2) is 7.23. The zero-order valence-corrected chi connectivity index (χ0v) is 14.1. The van der Waals surface area contributed by atoms with Crippen molar-refractivity contribution in [3.05, 3.63) is 54.0 Å². The van der Waals surface area contributed by atoms with Crippen LogP contribution in [0, 0.1) is 0 Å². The van der Waals surface area contributed by atoms with E-state index in [9.17, 15) is 4.79 Å². The maximum atomic E-state index is 11.4. The van der Waals surface area contributed by atoms with Gasteiger partial charge in [-0.1, -0.05) is 6.07 Å². The van der Waals surface area contributed by atoms with Gasteiger partial charge in [0.15, 0.2) is 11.9 Å². The Morgan fingerprint density at radius 3 is 2.62 bits per heavy atom. The molecule has 2 heterocycles. The number of aromatic nitrogens is 2. The molecule has 2 aromatic heterocycles. The van der Waals surface area contributed by atoms with Crippen LogP contribution in [0.1, 0.15) is 6.92 Å². The molecular weight excluding hydrogens is 324 g/mol. The van der Waals surface area contributed by atoms with E-state index < -0.39 is 12.1 Å². The van der Waals surface area contributed by atoms with Crippen molar-refractivity contribution in [2.75, 3.05) is 7.11 Å². The first-order valence-corrected chi connectivity index (χ1v) is 8.27. The highest BCUT2D eigenvalue weighted by Gasteiger charge is 2.14. The van der Waals surface area contributed by atoms with E-state index in [2.05, 4.69) is 14.7 Å². The minimum atomic E-state index is -0.653. The molecule has 1 aromatic carbocycles. The van der Waals surface area contributed by atoms with Crippen molar-refractivity contribution < 1.29 is 14.3 Å². The van der Waals surface area contributed by atoms with E-state index in [-0.39, 0.29) is 0 Å². The lowest BCUT2D eigenvalue weighted by Gasteiger charge is -2.12. The normalized spacial score (nSPS) is 11.8. The molecule has 1 atom stereocenters. The van der Waals surface area contributed by atoms with Crippen LogP contribution in [0.2, 0.25) is 0 Å². The van der Waals surface area contributed by atoms with Crippen LogP contribution in [0.15, 0.2) is 54.0 Å². The number of benzene rings is 1. The van der Waals surface area contributed by atoms with Gasteiger partial charge in [-0.2, -0.15) is 0 Å². The second-order valence-electron chi connectivity index (χ2n) is 5.05. The van der Waals surface area contributed by atoms with E-state index in [1.807, 2.05) is 35.7 Å². The summed E-state index contributed by atoms with van der Waals surface area (Å²) in [5.74, 6) is 0.825. The fourth-order valence-corrected chi connectivity index (χ4v) is 2.86. The molecule has 3 rings (SSSR count). The molecule has 0 saturated heterocycles. The van der Waals surface area contributed by atoms with Gasteiger partial charge in [0.2, 0.25) is 0 Å². The van der Waals surface area contributed by atoms with E-state index in [0.717, 1.165) is 16.1 Å². The van der Waals surface area contributed by atoms with Crippen LogP contribution >= 0.6 is 11.3 Å². The fourth-order valence-electron chi connectivity index (χ4n) is 2.16. The summed E-state index contributed by atoms with van der Waals surface area (Å²) >= 11 is 1.64. The highest BCUT2D eigenvalue weighted by Crippen LogP contribution is 2.25. The summed E-state index contributed by atoms with van der Waals surface area (Å²) in [4.78, 5) is 21.4. The van der Waals surface area contributed by atoms with Gasteiger partial charge in [-0.25, -0.2) is 14.8 Å². The summed E-state index contributed by atoms with van der Waals surface area (Å²) in [5, 5.41) is 2.02. The first kappa shape index (κ1) is 16.1. The summed E-state index contributed by atoms with van der Waals surface area (Å²) in [6, 6.07) is 13.2. The van der Waals surface area contributed by atoms with Gasteiger partial charge in [0.25, 0.3) is 0 Å². The molecular formula is C18H16N2O3S. The average Bonchev–Trinajstić information content (AvgIpc) is 3.16. The zero-order chi connectivity index (χ0) is 16.9. The summed E-state index contributed by atoms with van der Waals surface area (Å²) in [5.41, 5.74) is 1.78. The molecule has 122 valence electrons. The molecule has 0 saturated carbocycles. The van der Waals surface area contributed by atoms with Crippen molar-refractivity contribution in [1.29, 1.82) is 0 Å². The number of carbonyl (C=O) groups excluding carboxylic acids is 1. The van der Waals surface area contributed by atoms with Crippen LogP contribution < -0.4 is 4.74 Å². The standard InChI is InChI=1S/C18H16N2O3S/c1-12(18(21)22-2)23-14-7-5-13(6-8-14)17-19-10-9-15(20-17)16-4-3-11-24-16/h3-12H,1-2H3/t12-/m1/s1. The third-order valence-electron chi connectivity index (χ3n) is 3.39. The Morgan fingerprint density at radius 2 is 1.96 bits per heavy atom. The number of methoxy groups -OCH3 is 1. The molecule has 3 aromatic rings. The van der Waals surface area contributed by atoms with Gasteiger partial charge in [-0.3, -0.25) is 0 Å². The molecule has 0 spiro atoms. The third kappa shape index (κ3) is 3.60. The molecule has 6 heteroatoms. The Bertz CT molecular complexity index is 817. The Balaban J connectivity index is 1.79. The van der Waals surface area contributed by atoms with E-state index in [1.165, 1.54) is 7.11 Å². The SMILES string of the molecule is COC(=O)[C@@H](C)Oc1ccc(-c2nccc(-c3cccs3)n2)cc1. The van der Waals surface area contributed by atoms with Crippen LogP contribution in [-0.2, 0) is 9.53 Å². The van der Waals surface area contributed by atoms with Crippen LogP contribution in [-0.4, -0.2) is 29.2 Å². The second-order valence-corrected chi connectivity index (χ2v) is 6.00. The quantitative estimate of drug-likeness (QED) is 0.661. The number of nitrogens with zero attached hydrogens (tertiary/aromatic N) is 2. The smallest absolute Gasteiger partial charge is 0.346 e. The fraction of sp³-hybridized carbons (Fsp3) is 0.167. The summed E-state index contributed by atoms with van der Waals surface area (Å²) in [6.07, 6.45) is 1.10. The predicted octanol–water partition coefficient (Wildman–Crippen LogP) is 3.81. The first-order chi connectivity index (χ1) is 11.7. The molecule has 0 fully saturated rings. The van der Waals surface area contributed by atoms with Crippen molar-refractivity contribution in [3.8, 4) is 27.7 Å². The van der Waals surface area contributed by atoms with Gasteiger partial charge >= 0.3 is 5.97 Å². The zero-order valence-electron chi connectivity index (χ0n) is 13.3. The number of hydrogen-bond acceptors (Lipinski definition) is 6. The van der Waals surface area contributed by atoms with Gasteiger partial charge in [0.1, 0.15) is 5.75 Å². The van der Waals surface area contributed by atoms with Crippen LogP contribution in [0.4, 0.5) is 0 Å².